The Morgan fingerprint density at radius 2 is 2.04 bits per heavy atom. The van der Waals surface area contributed by atoms with Crippen molar-refractivity contribution in [1.29, 1.82) is 0 Å². The van der Waals surface area contributed by atoms with Crippen molar-refractivity contribution < 1.29 is 18.7 Å². The molecule has 5 nitrogen and oxygen atoms in total. The number of aromatic nitrogens is 1. The number of hydrogen-bond acceptors (Lipinski definition) is 5. The number of hydrogen-bond donors (Lipinski definition) is 1. The minimum absolute atomic E-state index is 0.248. The molecule has 1 fully saturated rings. The second-order valence-electron chi connectivity index (χ2n) is 6.42. The number of nitrogens with zero attached hydrogens (tertiary/aromatic N) is 1. The number of halogens is 1. The van der Waals surface area contributed by atoms with Gasteiger partial charge in [-0.05, 0) is 54.3 Å². The van der Waals surface area contributed by atoms with Crippen molar-refractivity contribution in [3.63, 3.8) is 0 Å². The third kappa shape index (κ3) is 3.57. The first-order valence-corrected chi connectivity index (χ1v) is 9.77. The van der Waals surface area contributed by atoms with Gasteiger partial charge in [0.1, 0.15) is 22.8 Å². The molecular weight excluding hydrogens is 379 g/mol. The van der Waals surface area contributed by atoms with Crippen LogP contribution in [0.2, 0.25) is 0 Å². The van der Waals surface area contributed by atoms with E-state index in [2.05, 4.69) is 10.3 Å². The zero-order valence-corrected chi connectivity index (χ0v) is 15.9. The maximum absolute atomic E-state index is 14.0. The van der Waals surface area contributed by atoms with Gasteiger partial charge in [0, 0.05) is 11.6 Å². The summed E-state index contributed by atoms with van der Waals surface area (Å²) in [7, 11) is 0. The molecule has 2 heterocycles. The highest BCUT2D eigenvalue weighted by atomic mass is 32.2. The average molecular weight is 396 g/mol. The Hall–Kier alpha value is -2.93. The smallest absolute Gasteiger partial charge is 0.286 e. The Bertz CT molecular complexity index is 1090. The highest BCUT2D eigenvalue weighted by Gasteiger charge is 2.31. The summed E-state index contributed by atoms with van der Waals surface area (Å²) in [6, 6.07) is 12.1. The summed E-state index contributed by atoms with van der Waals surface area (Å²) < 4.78 is 20.0. The van der Waals surface area contributed by atoms with Crippen molar-refractivity contribution in [2.75, 3.05) is 0 Å². The minimum atomic E-state index is -0.406. The number of amides is 2. The summed E-state index contributed by atoms with van der Waals surface area (Å²) in [5, 5.41) is 2.21. The summed E-state index contributed by atoms with van der Waals surface area (Å²) in [5.74, 6) is 0.504. The fraction of sp³-hybridized carbons (Fsp3) is 0.190. The molecule has 2 aromatic carbocycles. The molecular formula is C21H17FN2O3S. The monoisotopic (exact) mass is 396 g/mol. The fourth-order valence-electron chi connectivity index (χ4n) is 3.25. The molecule has 1 aromatic heterocycles. The zero-order chi connectivity index (χ0) is 19.7. The second-order valence-corrected chi connectivity index (χ2v) is 7.59. The lowest BCUT2D eigenvalue weighted by molar-refractivity contribution is -0.118. The summed E-state index contributed by atoms with van der Waals surface area (Å²) in [6.45, 7) is 2.02. The van der Waals surface area contributed by atoms with Crippen LogP contribution in [0.4, 0.5) is 9.18 Å². The highest BCUT2D eigenvalue weighted by Crippen LogP contribution is 2.32. The number of rotatable bonds is 5. The predicted molar refractivity (Wildman–Crippen MR) is 106 cm³/mol. The largest absolute Gasteiger partial charge is 0.457 e. The number of pyridine rings is 1. The molecule has 142 valence electrons. The Morgan fingerprint density at radius 1 is 1.18 bits per heavy atom. The summed E-state index contributed by atoms with van der Waals surface area (Å²) >= 11 is 1.02. The number of aryl methyl sites for hydroxylation is 1. The number of carbonyl (C=O) groups is 2. The van der Waals surface area contributed by atoms with Gasteiger partial charge in [0.05, 0.1) is 5.25 Å². The lowest BCUT2D eigenvalue weighted by atomic mass is 10.00. The lowest BCUT2D eigenvalue weighted by Crippen LogP contribution is -2.25. The van der Waals surface area contributed by atoms with E-state index < -0.39 is 11.1 Å². The van der Waals surface area contributed by atoms with Crippen LogP contribution in [0.5, 0.6) is 11.5 Å². The topological polar surface area (TPSA) is 68.3 Å². The van der Waals surface area contributed by atoms with Crippen molar-refractivity contribution in [3.8, 4) is 11.5 Å². The number of thioether (sulfide) groups is 1. The van der Waals surface area contributed by atoms with Crippen LogP contribution in [0.15, 0.2) is 48.7 Å². The summed E-state index contributed by atoms with van der Waals surface area (Å²) in [5.41, 5.74) is 2.30. The van der Waals surface area contributed by atoms with Gasteiger partial charge in [0.2, 0.25) is 5.91 Å². The molecule has 0 radical (unpaired) electrons. The van der Waals surface area contributed by atoms with Crippen LogP contribution >= 0.6 is 11.8 Å². The maximum atomic E-state index is 14.0. The van der Waals surface area contributed by atoms with Gasteiger partial charge in [0.25, 0.3) is 5.24 Å². The van der Waals surface area contributed by atoms with E-state index in [1.807, 2.05) is 25.1 Å². The van der Waals surface area contributed by atoms with E-state index in [0.29, 0.717) is 23.3 Å². The van der Waals surface area contributed by atoms with E-state index in [1.54, 1.807) is 18.2 Å². The molecule has 1 unspecified atom stereocenters. The van der Waals surface area contributed by atoms with E-state index in [0.717, 1.165) is 29.3 Å². The molecule has 0 bridgehead atoms. The van der Waals surface area contributed by atoms with Gasteiger partial charge in [-0.15, -0.1) is 0 Å². The maximum Gasteiger partial charge on any atom is 0.286 e. The van der Waals surface area contributed by atoms with Crippen molar-refractivity contribution in [2.45, 2.75) is 25.0 Å². The zero-order valence-electron chi connectivity index (χ0n) is 15.1. The van der Waals surface area contributed by atoms with Crippen LogP contribution in [0.3, 0.4) is 0 Å². The number of nitrogens with one attached hydrogen (secondary N) is 1. The van der Waals surface area contributed by atoms with Gasteiger partial charge in [0.15, 0.2) is 0 Å². The second kappa shape index (κ2) is 7.59. The Balaban J connectivity index is 1.61. The third-order valence-electron chi connectivity index (χ3n) is 4.64. The van der Waals surface area contributed by atoms with Crippen LogP contribution in [-0.2, 0) is 17.6 Å². The highest BCUT2D eigenvalue weighted by molar-refractivity contribution is 8.15. The van der Waals surface area contributed by atoms with Gasteiger partial charge >= 0.3 is 0 Å². The Morgan fingerprint density at radius 3 is 2.79 bits per heavy atom. The van der Waals surface area contributed by atoms with E-state index >= 15 is 0 Å². The quantitative estimate of drug-likeness (QED) is 0.681. The van der Waals surface area contributed by atoms with Crippen LogP contribution in [0.25, 0.3) is 10.9 Å². The first-order valence-electron chi connectivity index (χ1n) is 8.89. The Kier molecular flexibility index (Phi) is 5.00. The number of ether oxygens (including phenoxy) is 1. The molecule has 0 aliphatic carbocycles. The first kappa shape index (κ1) is 18.4. The van der Waals surface area contributed by atoms with Gasteiger partial charge in [-0.3, -0.25) is 19.9 Å². The number of para-hydroxylation sites is 1. The van der Waals surface area contributed by atoms with Gasteiger partial charge in [-0.25, -0.2) is 4.39 Å². The Labute approximate surface area is 165 Å². The standard InChI is InChI=1S/C21H17FN2O3S/c1-2-12-10-14(7-6-13(12)11-18-20(25)24-21(26)28-18)27-17-8-9-23-19-15(17)4-3-5-16(19)22/h3-10,18H,2,11H2,1H3,(H,24,25,26). The molecule has 1 aliphatic rings. The fourth-order valence-corrected chi connectivity index (χ4v) is 4.10. The van der Waals surface area contributed by atoms with E-state index in [1.165, 1.54) is 12.3 Å². The van der Waals surface area contributed by atoms with Crippen molar-refractivity contribution >= 4 is 33.8 Å². The molecule has 28 heavy (non-hydrogen) atoms. The molecule has 3 aromatic rings. The first-order chi connectivity index (χ1) is 13.5. The molecule has 7 heteroatoms. The van der Waals surface area contributed by atoms with Gasteiger partial charge < -0.3 is 4.74 Å². The molecule has 1 saturated heterocycles. The number of imide groups is 1. The van der Waals surface area contributed by atoms with Crippen LogP contribution in [0, 0.1) is 5.82 Å². The van der Waals surface area contributed by atoms with E-state index in [4.69, 9.17) is 4.74 Å². The SMILES string of the molecule is CCc1cc(Oc2ccnc3c(F)cccc23)ccc1CC1SC(=O)NC1=O. The van der Waals surface area contributed by atoms with Crippen LogP contribution in [0.1, 0.15) is 18.1 Å². The number of fused-ring (bicyclic) bond motifs is 1. The summed E-state index contributed by atoms with van der Waals surface area (Å²) in [4.78, 5) is 27.3. The number of benzene rings is 2. The van der Waals surface area contributed by atoms with Crippen molar-refractivity contribution in [1.82, 2.24) is 10.3 Å². The molecule has 1 N–H and O–H groups in total. The number of carbonyl (C=O) groups excluding carboxylic acids is 2. The molecule has 0 spiro atoms. The van der Waals surface area contributed by atoms with Crippen LogP contribution in [-0.4, -0.2) is 21.4 Å². The minimum Gasteiger partial charge on any atom is -0.457 e. The normalized spacial score (nSPS) is 16.4. The lowest BCUT2D eigenvalue weighted by Gasteiger charge is -2.14. The van der Waals surface area contributed by atoms with Gasteiger partial charge in [-0.1, -0.05) is 30.8 Å². The van der Waals surface area contributed by atoms with Crippen LogP contribution < -0.4 is 10.1 Å². The molecule has 4 rings (SSSR count). The van der Waals surface area contributed by atoms with Crippen molar-refractivity contribution in [2.24, 2.45) is 0 Å². The summed E-state index contributed by atoms with van der Waals surface area (Å²) in [6.07, 6.45) is 2.75. The molecule has 1 atom stereocenters. The molecule has 0 saturated carbocycles. The van der Waals surface area contributed by atoms with E-state index in [-0.39, 0.29) is 16.7 Å². The average Bonchev–Trinajstić information content (AvgIpc) is 3.00. The van der Waals surface area contributed by atoms with E-state index in [9.17, 15) is 14.0 Å². The molecule has 2 amide bonds. The predicted octanol–water partition coefficient (Wildman–Crippen LogP) is 4.62. The van der Waals surface area contributed by atoms with Gasteiger partial charge in [-0.2, -0.15) is 0 Å². The van der Waals surface area contributed by atoms with Crippen molar-refractivity contribution in [3.05, 3.63) is 65.6 Å². The molecule has 1 aliphatic heterocycles. The third-order valence-corrected chi connectivity index (χ3v) is 5.62.